The molecule has 1 fully saturated rings. The first-order valence-corrected chi connectivity index (χ1v) is 6.99. The summed E-state index contributed by atoms with van der Waals surface area (Å²) in [4.78, 5) is 23.6. The molecule has 0 aromatic carbocycles. The predicted molar refractivity (Wildman–Crippen MR) is 72.1 cm³/mol. The van der Waals surface area contributed by atoms with Crippen LogP contribution in [0, 0.1) is 5.92 Å². The van der Waals surface area contributed by atoms with E-state index in [1.807, 2.05) is 0 Å². The van der Waals surface area contributed by atoms with Gasteiger partial charge in [0.1, 0.15) is 11.6 Å². The minimum absolute atomic E-state index is 0.191. The van der Waals surface area contributed by atoms with Gasteiger partial charge in [0.05, 0.1) is 7.11 Å². The molecule has 1 amide bonds. The van der Waals surface area contributed by atoms with E-state index < -0.39 is 42.0 Å². The molecule has 0 saturated heterocycles. The highest BCUT2D eigenvalue weighted by Crippen LogP contribution is 2.38. The molecule has 0 radical (unpaired) electrons. The van der Waals surface area contributed by atoms with Crippen molar-refractivity contribution in [1.29, 1.82) is 0 Å². The van der Waals surface area contributed by atoms with Crippen molar-refractivity contribution in [3.8, 4) is 0 Å². The van der Waals surface area contributed by atoms with Crippen molar-refractivity contribution >= 4 is 12.1 Å². The van der Waals surface area contributed by atoms with Crippen LogP contribution in [-0.2, 0) is 14.3 Å². The molecule has 2 unspecified atom stereocenters. The molecule has 0 spiro atoms. The summed E-state index contributed by atoms with van der Waals surface area (Å²) in [7, 11) is 1.16. The Balaban J connectivity index is 2.77. The number of nitrogens with one attached hydrogen (secondary N) is 1. The summed E-state index contributed by atoms with van der Waals surface area (Å²) in [5, 5.41) is 2.36. The topological polar surface area (TPSA) is 64.6 Å². The van der Waals surface area contributed by atoms with Gasteiger partial charge in [0.15, 0.2) is 0 Å². The van der Waals surface area contributed by atoms with E-state index in [1.165, 1.54) is 0 Å². The lowest BCUT2D eigenvalue weighted by Gasteiger charge is -2.33. The second-order valence-electron chi connectivity index (χ2n) is 6.36. The van der Waals surface area contributed by atoms with Crippen LogP contribution in [0.5, 0.6) is 0 Å². The highest BCUT2D eigenvalue weighted by Gasteiger charge is 2.42. The third kappa shape index (κ3) is 5.85. The molecule has 0 bridgehead atoms. The zero-order chi connectivity index (χ0) is 16.3. The summed E-state index contributed by atoms with van der Waals surface area (Å²) in [6.45, 7) is 5.03. The number of methoxy groups -OCH3 is 1. The average Bonchev–Trinajstić information content (AvgIpc) is 2.31. The van der Waals surface area contributed by atoms with E-state index in [9.17, 15) is 18.4 Å². The highest BCUT2D eigenvalue weighted by molar-refractivity contribution is 5.81. The number of esters is 1. The summed E-state index contributed by atoms with van der Waals surface area (Å²) in [5.41, 5.74) is -0.735. The van der Waals surface area contributed by atoms with Crippen LogP contribution in [-0.4, -0.2) is 36.7 Å². The molecule has 1 N–H and O–H groups in total. The average molecular weight is 307 g/mol. The quantitative estimate of drug-likeness (QED) is 0.814. The molecule has 0 aromatic heterocycles. The number of alkyl carbamates (subject to hydrolysis) is 1. The Hall–Kier alpha value is -1.40. The summed E-state index contributed by atoms with van der Waals surface area (Å²) >= 11 is 0. The number of ether oxygens (including phenoxy) is 2. The van der Waals surface area contributed by atoms with Crippen molar-refractivity contribution in [1.82, 2.24) is 5.32 Å². The molecule has 7 heteroatoms. The maximum atomic E-state index is 13.5. The van der Waals surface area contributed by atoms with Crippen LogP contribution in [0.1, 0.15) is 46.5 Å². The van der Waals surface area contributed by atoms with Crippen LogP contribution in [0.4, 0.5) is 13.6 Å². The van der Waals surface area contributed by atoms with Crippen LogP contribution in [0.2, 0.25) is 0 Å². The highest BCUT2D eigenvalue weighted by atomic mass is 19.3. The molecule has 1 aliphatic rings. The first kappa shape index (κ1) is 17.7. The fourth-order valence-electron chi connectivity index (χ4n) is 2.43. The molecular weight excluding hydrogens is 284 g/mol. The van der Waals surface area contributed by atoms with E-state index in [-0.39, 0.29) is 6.42 Å². The number of hydrogen-bond acceptors (Lipinski definition) is 4. The Morgan fingerprint density at radius 1 is 1.33 bits per heavy atom. The van der Waals surface area contributed by atoms with Crippen molar-refractivity contribution in [3.05, 3.63) is 0 Å². The number of amides is 1. The number of alkyl halides is 2. The molecule has 1 rings (SSSR count). The first-order chi connectivity index (χ1) is 9.54. The maximum Gasteiger partial charge on any atom is 0.408 e. The molecule has 122 valence electrons. The van der Waals surface area contributed by atoms with Crippen molar-refractivity contribution in [2.75, 3.05) is 7.11 Å². The first-order valence-electron chi connectivity index (χ1n) is 6.99. The van der Waals surface area contributed by atoms with Crippen LogP contribution in [0.25, 0.3) is 0 Å². The van der Waals surface area contributed by atoms with Gasteiger partial charge in [0.2, 0.25) is 5.92 Å². The summed E-state index contributed by atoms with van der Waals surface area (Å²) < 4.78 is 36.7. The SMILES string of the molecule is COC(=O)C(NC(=O)OC(C)(C)C)C1CCCC(F)(F)C1. The summed E-state index contributed by atoms with van der Waals surface area (Å²) in [5.74, 6) is -4.21. The van der Waals surface area contributed by atoms with E-state index in [2.05, 4.69) is 10.1 Å². The molecule has 5 nitrogen and oxygen atoms in total. The van der Waals surface area contributed by atoms with Crippen LogP contribution >= 0.6 is 0 Å². The van der Waals surface area contributed by atoms with Gasteiger partial charge in [-0.3, -0.25) is 0 Å². The van der Waals surface area contributed by atoms with E-state index in [0.717, 1.165) is 7.11 Å². The third-order valence-corrected chi connectivity index (χ3v) is 3.28. The lowest BCUT2D eigenvalue weighted by Crippen LogP contribution is -2.50. The number of carbonyl (C=O) groups excluding carboxylic acids is 2. The molecule has 0 heterocycles. The van der Waals surface area contributed by atoms with E-state index in [0.29, 0.717) is 12.8 Å². The lowest BCUT2D eigenvalue weighted by atomic mass is 9.81. The van der Waals surface area contributed by atoms with Crippen molar-refractivity contribution in [3.63, 3.8) is 0 Å². The number of rotatable bonds is 3. The van der Waals surface area contributed by atoms with Gasteiger partial charge in [-0.15, -0.1) is 0 Å². The Morgan fingerprint density at radius 2 is 1.95 bits per heavy atom. The van der Waals surface area contributed by atoms with Gasteiger partial charge < -0.3 is 14.8 Å². The monoisotopic (exact) mass is 307 g/mol. The smallest absolute Gasteiger partial charge is 0.408 e. The normalized spacial score (nSPS) is 23.0. The van der Waals surface area contributed by atoms with Gasteiger partial charge in [0, 0.05) is 12.8 Å². The van der Waals surface area contributed by atoms with Gasteiger partial charge in [-0.1, -0.05) is 0 Å². The zero-order valence-corrected chi connectivity index (χ0v) is 12.9. The van der Waals surface area contributed by atoms with Crippen LogP contribution in [0.15, 0.2) is 0 Å². The molecule has 21 heavy (non-hydrogen) atoms. The fraction of sp³-hybridized carbons (Fsp3) is 0.857. The Morgan fingerprint density at radius 3 is 2.43 bits per heavy atom. The Bertz CT molecular complexity index is 393. The molecule has 1 aliphatic carbocycles. The molecule has 0 aromatic rings. The van der Waals surface area contributed by atoms with E-state index in [1.54, 1.807) is 20.8 Å². The molecular formula is C14H23F2NO4. The summed E-state index contributed by atoms with van der Waals surface area (Å²) in [6.07, 6.45) is -0.703. The maximum absolute atomic E-state index is 13.5. The van der Waals surface area contributed by atoms with Crippen molar-refractivity contribution in [2.45, 2.75) is 64.0 Å². The second kappa shape index (κ2) is 6.58. The van der Waals surface area contributed by atoms with Gasteiger partial charge in [-0.25, -0.2) is 18.4 Å². The van der Waals surface area contributed by atoms with E-state index in [4.69, 9.17) is 4.74 Å². The van der Waals surface area contributed by atoms with Gasteiger partial charge in [0.25, 0.3) is 0 Å². The lowest BCUT2D eigenvalue weighted by molar-refractivity contribution is -0.146. The summed E-state index contributed by atoms with van der Waals surface area (Å²) in [6, 6.07) is -1.11. The number of halogens is 2. The Labute approximate surface area is 123 Å². The van der Waals surface area contributed by atoms with Gasteiger partial charge >= 0.3 is 12.1 Å². The molecule has 0 aliphatic heterocycles. The third-order valence-electron chi connectivity index (χ3n) is 3.28. The van der Waals surface area contributed by atoms with Crippen LogP contribution < -0.4 is 5.32 Å². The fourth-order valence-corrected chi connectivity index (χ4v) is 2.43. The number of hydrogen-bond donors (Lipinski definition) is 1. The predicted octanol–water partition coefficient (Wildman–Crippen LogP) is 2.88. The Kier molecular flexibility index (Phi) is 5.53. The minimum Gasteiger partial charge on any atom is -0.467 e. The van der Waals surface area contributed by atoms with Crippen molar-refractivity contribution < 1.29 is 27.8 Å². The van der Waals surface area contributed by atoms with E-state index >= 15 is 0 Å². The zero-order valence-electron chi connectivity index (χ0n) is 12.9. The largest absolute Gasteiger partial charge is 0.467 e. The molecule has 2 atom stereocenters. The standard InChI is InChI=1S/C14H23F2NO4/c1-13(2,3)21-12(19)17-10(11(18)20-4)9-6-5-7-14(15,16)8-9/h9-10H,5-8H2,1-4H3,(H,17,19). The van der Waals surface area contributed by atoms with Crippen LogP contribution in [0.3, 0.4) is 0 Å². The van der Waals surface area contributed by atoms with Crippen molar-refractivity contribution in [2.24, 2.45) is 5.92 Å². The minimum atomic E-state index is -2.81. The van der Waals surface area contributed by atoms with Gasteiger partial charge in [-0.05, 0) is 39.5 Å². The van der Waals surface area contributed by atoms with Gasteiger partial charge in [-0.2, -0.15) is 0 Å². The molecule has 1 saturated carbocycles. The number of carbonyl (C=O) groups is 2. The second-order valence-corrected chi connectivity index (χ2v) is 6.36.